The zero-order valence-corrected chi connectivity index (χ0v) is 15.8. The first kappa shape index (κ1) is 16.9. The Morgan fingerprint density at radius 2 is 1.36 bits per heavy atom. The molecular formula is C26H22N2. The molecule has 4 aromatic carbocycles. The van der Waals surface area contributed by atoms with Gasteiger partial charge in [-0.25, -0.2) is 0 Å². The Morgan fingerprint density at radius 1 is 0.571 bits per heavy atom. The number of aryl methyl sites for hydroxylation is 2. The molecule has 0 aliphatic heterocycles. The van der Waals surface area contributed by atoms with E-state index >= 15 is 0 Å². The molecule has 136 valence electrons. The van der Waals surface area contributed by atoms with Crippen molar-refractivity contribution in [1.29, 1.82) is 0 Å². The Bertz CT molecular complexity index is 1210. The second-order valence-electron chi connectivity index (χ2n) is 7.38. The maximum Gasteiger partial charge on any atom is 0.0929 e. The van der Waals surface area contributed by atoms with Crippen LogP contribution in [0.4, 0.5) is 0 Å². The van der Waals surface area contributed by atoms with E-state index in [1.54, 1.807) is 17.3 Å². The summed E-state index contributed by atoms with van der Waals surface area (Å²) in [6.07, 6.45) is 6.91. The molecule has 0 saturated heterocycles. The molecule has 2 heteroatoms. The van der Waals surface area contributed by atoms with Crippen molar-refractivity contribution >= 4 is 32.4 Å². The van der Waals surface area contributed by atoms with Gasteiger partial charge in [0.05, 0.1) is 11.7 Å². The van der Waals surface area contributed by atoms with Crippen molar-refractivity contribution < 1.29 is 0 Å². The van der Waals surface area contributed by atoms with Crippen molar-refractivity contribution in [3.05, 3.63) is 96.2 Å². The Hall–Kier alpha value is -3.26. The van der Waals surface area contributed by atoms with E-state index in [-0.39, 0.29) is 0 Å². The standard InChI is InChI=1S/C18H16.C8H6N2/c1-3-7-15-13(5-1)9-11-18-16-8-4-2-6-14(16)10-12-17(15)18;1-2-4-8-7(3-1)5-6-9-10-8/h1,3,5,7,9-12H,2,4,6,8H2;1-6H. The molecule has 1 aliphatic rings. The van der Waals surface area contributed by atoms with E-state index in [0.717, 1.165) is 10.9 Å². The predicted molar refractivity (Wildman–Crippen MR) is 118 cm³/mol. The zero-order valence-electron chi connectivity index (χ0n) is 15.8. The number of rotatable bonds is 0. The van der Waals surface area contributed by atoms with Crippen molar-refractivity contribution in [3.63, 3.8) is 0 Å². The van der Waals surface area contributed by atoms with E-state index in [1.807, 2.05) is 30.3 Å². The average Bonchev–Trinajstić information content (AvgIpc) is 2.79. The van der Waals surface area contributed by atoms with Crippen LogP contribution in [0.15, 0.2) is 85.1 Å². The van der Waals surface area contributed by atoms with Crippen LogP contribution in [0.1, 0.15) is 24.0 Å². The smallest absolute Gasteiger partial charge is 0.0929 e. The van der Waals surface area contributed by atoms with Gasteiger partial charge in [-0.05, 0) is 70.5 Å². The number of hydrogen-bond acceptors (Lipinski definition) is 2. The SMILES string of the molecule is c1ccc2c(c1)ccc1c3c(ccc12)CCCC3.c1ccc2nnccc2c1. The van der Waals surface area contributed by atoms with Crippen molar-refractivity contribution in [2.24, 2.45) is 0 Å². The fourth-order valence-electron chi connectivity index (χ4n) is 4.27. The van der Waals surface area contributed by atoms with Gasteiger partial charge in [-0.1, -0.05) is 66.7 Å². The molecule has 2 nitrogen and oxygen atoms in total. The molecule has 0 unspecified atom stereocenters. The minimum Gasteiger partial charge on any atom is -0.159 e. The minimum absolute atomic E-state index is 0.949. The Labute approximate surface area is 164 Å². The number of benzene rings is 4. The predicted octanol–water partition coefficient (Wildman–Crippen LogP) is 6.50. The number of hydrogen-bond donors (Lipinski definition) is 0. The lowest BCUT2D eigenvalue weighted by Crippen LogP contribution is -2.02. The van der Waals surface area contributed by atoms with Crippen LogP contribution in [0.2, 0.25) is 0 Å². The van der Waals surface area contributed by atoms with E-state index in [9.17, 15) is 0 Å². The van der Waals surface area contributed by atoms with Gasteiger partial charge >= 0.3 is 0 Å². The molecule has 1 aliphatic carbocycles. The molecule has 1 heterocycles. The molecule has 28 heavy (non-hydrogen) atoms. The molecule has 6 rings (SSSR count). The molecule has 1 aromatic heterocycles. The fourth-order valence-corrected chi connectivity index (χ4v) is 4.27. The van der Waals surface area contributed by atoms with Crippen LogP contribution < -0.4 is 0 Å². The minimum atomic E-state index is 0.949. The van der Waals surface area contributed by atoms with Crippen LogP contribution in [0.5, 0.6) is 0 Å². The largest absolute Gasteiger partial charge is 0.159 e. The summed E-state index contributed by atoms with van der Waals surface area (Å²) in [7, 11) is 0. The van der Waals surface area contributed by atoms with Crippen molar-refractivity contribution in [3.8, 4) is 0 Å². The van der Waals surface area contributed by atoms with Crippen LogP contribution in [-0.2, 0) is 12.8 Å². The fraction of sp³-hybridized carbons (Fsp3) is 0.154. The third kappa shape index (κ3) is 3.11. The van der Waals surface area contributed by atoms with Gasteiger partial charge in [0.2, 0.25) is 0 Å². The quantitative estimate of drug-likeness (QED) is 0.294. The lowest BCUT2D eigenvalue weighted by Gasteiger charge is -2.18. The summed E-state index contributed by atoms with van der Waals surface area (Å²) in [6, 6.07) is 27.8. The highest BCUT2D eigenvalue weighted by molar-refractivity contribution is 6.08. The summed E-state index contributed by atoms with van der Waals surface area (Å²) in [5.41, 5.74) is 4.12. The lowest BCUT2D eigenvalue weighted by molar-refractivity contribution is 0.690. The van der Waals surface area contributed by atoms with E-state index in [4.69, 9.17) is 0 Å². The normalized spacial score (nSPS) is 13.1. The first-order valence-electron chi connectivity index (χ1n) is 9.99. The third-order valence-electron chi connectivity index (χ3n) is 5.68. The molecule has 0 radical (unpaired) electrons. The second-order valence-corrected chi connectivity index (χ2v) is 7.38. The van der Waals surface area contributed by atoms with E-state index in [2.05, 4.69) is 58.7 Å². The Balaban J connectivity index is 0.000000145. The highest BCUT2D eigenvalue weighted by Crippen LogP contribution is 2.33. The first-order chi connectivity index (χ1) is 13.9. The molecule has 0 amide bonds. The van der Waals surface area contributed by atoms with Crippen LogP contribution in [0.25, 0.3) is 32.4 Å². The van der Waals surface area contributed by atoms with Gasteiger partial charge in [-0.3, -0.25) is 0 Å². The number of fused-ring (bicyclic) bond motifs is 6. The van der Waals surface area contributed by atoms with Gasteiger partial charge < -0.3 is 0 Å². The Morgan fingerprint density at radius 3 is 2.29 bits per heavy atom. The third-order valence-corrected chi connectivity index (χ3v) is 5.68. The van der Waals surface area contributed by atoms with E-state index < -0.39 is 0 Å². The summed E-state index contributed by atoms with van der Waals surface area (Å²) in [5, 5.41) is 14.5. The Kier molecular flexibility index (Phi) is 4.46. The van der Waals surface area contributed by atoms with Gasteiger partial charge in [0.1, 0.15) is 0 Å². The van der Waals surface area contributed by atoms with E-state index in [1.165, 1.54) is 47.2 Å². The molecule has 0 bridgehead atoms. The van der Waals surface area contributed by atoms with Gasteiger partial charge in [0, 0.05) is 5.39 Å². The summed E-state index contributed by atoms with van der Waals surface area (Å²) >= 11 is 0. The molecular weight excluding hydrogens is 340 g/mol. The highest BCUT2D eigenvalue weighted by Gasteiger charge is 2.13. The monoisotopic (exact) mass is 362 g/mol. The molecule has 0 atom stereocenters. The summed E-state index contributed by atoms with van der Waals surface area (Å²) in [4.78, 5) is 0. The van der Waals surface area contributed by atoms with Crippen LogP contribution in [-0.4, -0.2) is 10.2 Å². The lowest BCUT2D eigenvalue weighted by atomic mass is 9.86. The van der Waals surface area contributed by atoms with Crippen LogP contribution >= 0.6 is 0 Å². The van der Waals surface area contributed by atoms with E-state index in [0.29, 0.717) is 0 Å². The van der Waals surface area contributed by atoms with Crippen molar-refractivity contribution in [2.45, 2.75) is 25.7 Å². The van der Waals surface area contributed by atoms with Gasteiger partial charge in [0.25, 0.3) is 0 Å². The maximum atomic E-state index is 3.93. The molecule has 0 N–H and O–H groups in total. The summed E-state index contributed by atoms with van der Waals surface area (Å²) < 4.78 is 0. The summed E-state index contributed by atoms with van der Waals surface area (Å²) in [6.45, 7) is 0. The highest BCUT2D eigenvalue weighted by atomic mass is 15.1. The number of nitrogens with zero attached hydrogens (tertiary/aromatic N) is 2. The van der Waals surface area contributed by atoms with Crippen LogP contribution in [0.3, 0.4) is 0 Å². The van der Waals surface area contributed by atoms with Gasteiger partial charge in [0.15, 0.2) is 0 Å². The first-order valence-corrected chi connectivity index (χ1v) is 9.99. The molecule has 0 saturated carbocycles. The van der Waals surface area contributed by atoms with Crippen LogP contribution in [0, 0.1) is 0 Å². The van der Waals surface area contributed by atoms with Gasteiger partial charge in [-0.15, -0.1) is 0 Å². The molecule has 5 aromatic rings. The molecule has 0 spiro atoms. The zero-order chi connectivity index (χ0) is 18.8. The number of aromatic nitrogens is 2. The van der Waals surface area contributed by atoms with Crippen molar-refractivity contribution in [1.82, 2.24) is 10.2 Å². The maximum absolute atomic E-state index is 3.93. The summed E-state index contributed by atoms with van der Waals surface area (Å²) in [5.74, 6) is 0. The second kappa shape index (κ2) is 7.40. The van der Waals surface area contributed by atoms with Crippen molar-refractivity contribution in [2.75, 3.05) is 0 Å². The average molecular weight is 362 g/mol. The topological polar surface area (TPSA) is 25.8 Å². The van der Waals surface area contributed by atoms with Gasteiger partial charge in [-0.2, -0.15) is 10.2 Å². The molecule has 0 fully saturated rings.